The Hall–Kier alpha value is -1.56. The monoisotopic (exact) mass is 613 g/mol. The van der Waals surface area contributed by atoms with Crippen LogP contribution in [0.25, 0.3) is 0 Å². The van der Waals surface area contributed by atoms with E-state index in [1.54, 1.807) is 25.1 Å². The molecule has 0 aromatic heterocycles. The van der Waals surface area contributed by atoms with Crippen LogP contribution in [0.3, 0.4) is 0 Å². The van der Waals surface area contributed by atoms with Crippen LogP contribution in [0.4, 0.5) is 13.2 Å². The van der Waals surface area contributed by atoms with E-state index in [4.69, 9.17) is 40.5 Å². The zero-order chi connectivity index (χ0) is 28.5. The molecular weight excluding hydrogens is 586 g/mol. The average molecular weight is 615 g/mol. The number of likely N-dealkylation sites (tertiary alicyclic amines) is 1. The quantitative estimate of drug-likeness (QED) is 0.414. The molecule has 0 aliphatic carbocycles. The van der Waals surface area contributed by atoms with E-state index in [0.29, 0.717) is 30.1 Å². The normalized spacial score (nSPS) is 20.7. The summed E-state index contributed by atoms with van der Waals surface area (Å²) >= 11 is 18.0. The molecule has 0 spiro atoms. The number of amides is 1. The third-order valence-electron chi connectivity index (χ3n) is 7.06. The van der Waals surface area contributed by atoms with Crippen molar-refractivity contribution in [3.05, 3.63) is 68.2 Å². The first kappa shape index (κ1) is 31.0. The molecule has 2 aromatic carbocycles. The summed E-state index contributed by atoms with van der Waals surface area (Å²) in [6.45, 7) is 2.37. The molecule has 1 fully saturated rings. The summed E-state index contributed by atoms with van der Waals surface area (Å²) < 4.78 is 63.7. The van der Waals surface area contributed by atoms with Crippen molar-refractivity contribution in [1.82, 2.24) is 10.2 Å². The molecule has 0 bridgehead atoms. The highest BCUT2D eigenvalue weighted by Gasteiger charge is 2.38. The second-order valence-corrected chi connectivity index (χ2v) is 13.3. The SMILES string of the molecule is CC(CCN1CCC(S(C)(=O)=O)CC1N)(C(=O)NCc1ccc(Cl)c(C(F)(F)F)c1)c1ccc(Cl)c(Cl)c1. The lowest BCUT2D eigenvalue weighted by Gasteiger charge is -2.39. The molecule has 3 unspecified atom stereocenters. The fourth-order valence-electron chi connectivity index (χ4n) is 4.55. The molecular formula is C25H29Cl3F3N3O3S. The van der Waals surface area contributed by atoms with E-state index in [2.05, 4.69) is 5.32 Å². The van der Waals surface area contributed by atoms with Gasteiger partial charge in [-0.3, -0.25) is 9.69 Å². The van der Waals surface area contributed by atoms with Gasteiger partial charge in [-0.1, -0.05) is 46.9 Å². The van der Waals surface area contributed by atoms with Crippen LogP contribution in [0.5, 0.6) is 0 Å². The van der Waals surface area contributed by atoms with Crippen molar-refractivity contribution in [3.63, 3.8) is 0 Å². The Bertz CT molecular complexity index is 1290. The van der Waals surface area contributed by atoms with Gasteiger partial charge < -0.3 is 11.1 Å². The highest BCUT2D eigenvalue weighted by atomic mass is 35.5. The van der Waals surface area contributed by atoms with E-state index in [9.17, 15) is 26.4 Å². The van der Waals surface area contributed by atoms with E-state index in [0.717, 1.165) is 12.1 Å². The number of nitrogens with one attached hydrogen (secondary N) is 1. The minimum atomic E-state index is -4.63. The minimum Gasteiger partial charge on any atom is -0.351 e. The van der Waals surface area contributed by atoms with Crippen molar-refractivity contribution in [2.75, 3.05) is 19.3 Å². The maximum Gasteiger partial charge on any atom is 0.417 e. The number of hydrogen-bond donors (Lipinski definition) is 2. The van der Waals surface area contributed by atoms with E-state index in [-0.39, 0.29) is 30.0 Å². The van der Waals surface area contributed by atoms with Gasteiger partial charge in [-0.2, -0.15) is 13.2 Å². The largest absolute Gasteiger partial charge is 0.417 e. The third kappa shape index (κ3) is 7.34. The molecule has 1 saturated heterocycles. The van der Waals surface area contributed by atoms with Crippen molar-refractivity contribution in [3.8, 4) is 0 Å². The molecule has 3 atom stereocenters. The van der Waals surface area contributed by atoms with Crippen LogP contribution in [-0.4, -0.2) is 50.0 Å². The number of carbonyl (C=O) groups excluding carboxylic acids is 1. The average Bonchev–Trinajstić information content (AvgIpc) is 2.82. The van der Waals surface area contributed by atoms with Crippen LogP contribution in [-0.2, 0) is 32.8 Å². The highest BCUT2D eigenvalue weighted by molar-refractivity contribution is 7.91. The van der Waals surface area contributed by atoms with E-state index >= 15 is 0 Å². The number of piperidine rings is 1. The van der Waals surface area contributed by atoms with Crippen LogP contribution in [0, 0.1) is 0 Å². The second kappa shape index (κ2) is 11.9. The number of benzene rings is 2. The Balaban J connectivity index is 1.81. The number of rotatable bonds is 8. The lowest BCUT2D eigenvalue weighted by atomic mass is 9.78. The Morgan fingerprint density at radius 1 is 1.11 bits per heavy atom. The van der Waals surface area contributed by atoms with Crippen LogP contribution >= 0.6 is 34.8 Å². The van der Waals surface area contributed by atoms with Gasteiger partial charge in [0.25, 0.3) is 0 Å². The van der Waals surface area contributed by atoms with Crippen LogP contribution in [0.15, 0.2) is 36.4 Å². The van der Waals surface area contributed by atoms with Gasteiger partial charge in [0.15, 0.2) is 0 Å². The first-order valence-corrected chi connectivity index (χ1v) is 14.9. The van der Waals surface area contributed by atoms with Gasteiger partial charge in [0, 0.05) is 25.9 Å². The topological polar surface area (TPSA) is 92.5 Å². The maximum absolute atomic E-state index is 13.6. The van der Waals surface area contributed by atoms with Crippen LogP contribution in [0.1, 0.15) is 42.9 Å². The number of alkyl halides is 3. The lowest BCUT2D eigenvalue weighted by Crippen LogP contribution is -2.53. The maximum atomic E-state index is 13.6. The lowest BCUT2D eigenvalue weighted by molar-refractivity contribution is -0.137. The number of carbonyl (C=O) groups is 1. The summed E-state index contributed by atoms with van der Waals surface area (Å²) in [5, 5.41) is 2.36. The molecule has 0 saturated carbocycles. The summed E-state index contributed by atoms with van der Waals surface area (Å²) in [5.41, 5.74) is 4.93. The number of hydrogen-bond acceptors (Lipinski definition) is 5. The minimum absolute atomic E-state index is 0.157. The van der Waals surface area contributed by atoms with Crippen LogP contribution in [0.2, 0.25) is 15.1 Å². The third-order valence-corrected chi connectivity index (χ3v) is 9.77. The summed E-state index contributed by atoms with van der Waals surface area (Å²) in [7, 11) is -3.22. The Labute approximate surface area is 235 Å². The molecule has 6 nitrogen and oxygen atoms in total. The van der Waals surface area contributed by atoms with Gasteiger partial charge in [-0.25, -0.2) is 8.42 Å². The predicted octanol–water partition coefficient (Wildman–Crippen LogP) is 5.42. The fraction of sp³-hybridized carbons (Fsp3) is 0.480. The van der Waals surface area contributed by atoms with Crippen molar-refractivity contribution in [2.24, 2.45) is 5.73 Å². The molecule has 2 aromatic rings. The van der Waals surface area contributed by atoms with Crippen LogP contribution < -0.4 is 11.1 Å². The van der Waals surface area contributed by atoms with Gasteiger partial charge in [0.1, 0.15) is 9.84 Å². The molecule has 210 valence electrons. The molecule has 13 heteroatoms. The summed E-state index contributed by atoms with van der Waals surface area (Å²) in [4.78, 5) is 15.5. The summed E-state index contributed by atoms with van der Waals surface area (Å²) in [6.07, 6.45) is -2.94. The van der Waals surface area contributed by atoms with Crippen molar-refractivity contribution < 1.29 is 26.4 Å². The van der Waals surface area contributed by atoms with E-state index in [1.165, 1.54) is 12.3 Å². The molecule has 1 aliphatic heterocycles. The van der Waals surface area contributed by atoms with E-state index < -0.39 is 49.3 Å². The molecule has 3 rings (SSSR count). The molecule has 1 heterocycles. The van der Waals surface area contributed by atoms with Crippen molar-refractivity contribution in [1.29, 1.82) is 0 Å². The summed E-state index contributed by atoms with van der Waals surface area (Å²) in [5.74, 6) is -0.431. The number of halogens is 6. The fourth-order valence-corrected chi connectivity index (χ4v) is 6.15. The predicted molar refractivity (Wildman–Crippen MR) is 144 cm³/mol. The van der Waals surface area contributed by atoms with Gasteiger partial charge in [0.05, 0.1) is 37.5 Å². The van der Waals surface area contributed by atoms with Crippen molar-refractivity contribution >= 4 is 50.5 Å². The molecule has 0 radical (unpaired) electrons. The summed E-state index contributed by atoms with van der Waals surface area (Å²) in [6, 6.07) is 8.30. The molecule has 1 amide bonds. The zero-order valence-electron chi connectivity index (χ0n) is 20.8. The molecule has 1 aliphatic rings. The zero-order valence-corrected chi connectivity index (χ0v) is 23.9. The van der Waals surface area contributed by atoms with Crippen molar-refractivity contribution in [2.45, 2.75) is 55.7 Å². The van der Waals surface area contributed by atoms with E-state index in [1.807, 2.05) is 4.90 Å². The van der Waals surface area contributed by atoms with Gasteiger partial charge in [0.2, 0.25) is 5.91 Å². The number of nitrogens with zero attached hydrogens (tertiary/aromatic N) is 1. The van der Waals surface area contributed by atoms with Gasteiger partial charge in [-0.05, 0) is 61.6 Å². The standard InChI is InChI=1S/C25H29Cl3F3N3O3S/c1-24(16-4-6-20(27)21(28)12-16,8-10-34-9-7-17(13-22(34)32)38(2,36)37)23(35)33-14-15-3-5-19(26)18(11-15)25(29,30)31/h3-6,11-12,17,22H,7-10,13-14,32H2,1-2H3,(H,33,35). The molecule has 3 N–H and O–H groups in total. The Morgan fingerprint density at radius 3 is 2.34 bits per heavy atom. The Kier molecular flexibility index (Phi) is 9.70. The Morgan fingerprint density at radius 2 is 1.76 bits per heavy atom. The number of nitrogens with two attached hydrogens (primary N) is 1. The first-order valence-electron chi connectivity index (χ1n) is 11.8. The van der Waals surface area contributed by atoms with Gasteiger partial charge in [-0.15, -0.1) is 0 Å². The first-order chi connectivity index (χ1) is 17.5. The second-order valence-electron chi connectivity index (χ2n) is 9.78. The number of sulfone groups is 1. The smallest absolute Gasteiger partial charge is 0.351 e. The highest BCUT2D eigenvalue weighted by Crippen LogP contribution is 2.36. The molecule has 38 heavy (non-hydrogen) atoms. The van der Waals surface area contributed by atoms with Gasteiger partial charge >= 0.3 is 6.18 Å².